The summed E-state index contributed by atoms with van der Waals surface area (Å²) in [7, 11) is 4.11. The van der Waals surface area contributed by atoms with Crippen molar-refractivity contribution >= 4 is 17.0 Å². The average molecular weight is 232 g/mol. The molecule has 1 heterocycles. The highest BCUT2D eigenvalue weighted by Gasteiger charge is 2.07. The number of rotatable bonds is 2. The Hall–Kier alpha value is -1.35. The van der Waals surface area contributed by atoms with Gasteiger partial charge in [-0.15, -0.1) is 11.3 Å². The van der Waals surface area contributed by atoms with Crippen molar-refractivity contribution in [2.24, 2.45) is 0 Å². The maximum absolute atomic E-state index is 4.45. The Bertz CT molecular complexity index is 483. The summed E-state index contributed by atoms with van der Waals surface area (Å²) in [5, 5.41) is 1.13. The molecule has 0 radical (unpaired) electrons. The van der Waals surface area contributed by atoms with E-state index < -0.39 is 0 Å². The molecule has 0 fully saturated rings. The third-order valence-electron chi connectivity index (χ3n) is 2.55. The molecule has 2 nitrogen and oxygen atoms in total. The Labute approximate surface area is 101 Å². The minimum atomic E-state index is 1.13. The molecule has 2 rings (SSSR count). The molecule has 1 aromatic carbocycles. The van der Waals surface area contributed by atoms with Crippen LogP contribution in [0.2, 0.25) is 0 Å². The lowest BCUT2D eigenvalue weighted by molar-refractivity contribution is 1.13. The molecule has 2 aromatic rings. The fourth-order valence-corrected chi connectivity index (χ4v) is 2.64. The lowest BCUT2D eigenvalue weighted by Crippen LogP contribution is -2.07. The van der Waals surface area contributed by atoms with E-state index in [9.17, 15) is 0 Å². The molecule has 16 heavy (non-hydrogen) atoms. The zero-order valence-corrected chi connectivity index (χ0v) is 10.9. The minimum absolute atomic E-state index is 1.13. The molecule has 0 saturated carbocycles. The number of anilines is 1. The summed E-state index contributed by atoms with van der Waals surface area (Å²) in [4.78, 5) is 7.84. The molecule has 0 spiro atoms. The smallest absolute Gasteiger partial charge is 0.0903 e. The average Bonchev–Trinajstić information content (AvgIpc) is 2.58. The fourth-order valence-electron chi connectivity index (χ4n) is 1.71. The van der Waals surface area contributed by atoms with E-state index in [2.05, 4.69) is 62.1 Å². The van der Waals surface area contributed by atoms with Crippen molar-refractivity contribution in [2.45, 2.75) is 13.8 Å². The Balaban J connectivity index is 2.38. The summed E-state index contributed by atoms with van der Waals surface area (Å²) < 4.78 is 0. The third kappa shape index (κ3) is 2.09. The van der Waals surface area contributed by atoms with Gasteiger partial charge in [0.1, 0.15) is 0 Å². The molecule has 0 amide bonds. The van der Waals surface area contributed by atoms with Crippen LogP contribution in [0, 0.1) is 13.8 Å². The zero-order chi connectivity index (χ0) is 11.7. The van der Waals surface area contributed by atoms with Gasteiger partial charge in [0.15, 0.2) is 0 Å². The van der Waals surface area contributed by atoms with E-state index in [0.29, 0.717) is 0 Å². The molecule has 0 N–H and O–H groups in total. The van der Waals surface area contributed by atoms with Gasteiger partial charge in [-0.3, -0.25) is 0 Å². The van der Waals surface area contributed by atoms with Gasteiger partial charge < -0.3 is 4.90 Å². The van der Waals surface area contributed by atoms with Crippen LogP contribution in [0.25, 0.3) is 10.4 Å². The molecule has 0 aliphatic rings. The number of thiazole rings is 1. The van der Waals surface area contributed by atoms with Crippen molar-refractivity contribution in [3.63, 3.8) is 0 Å². The largest absolute Gasteiger partial charge is 0.378 e. The normalized spacial score (nSPS) is 10.5. The van der Waals surface area contributed by atoms with Crippen LogP contribution in [0.1, 0.15) is 10.7 Å². The fraction of sp³-hybridized carbons (Fsp3) is 0.308. The summed E-state index contributed by atoms with van der Waals surface area (Å²) in [6.45, 7) is 4.12. The number of benzene rings is 1. The van der Waals surface area contributed by atoms with Crippen LogP contribution < -0.4 is 4.90 Å². The van der Waals surface area contributed by atoms with E-state index in [-0.39, 0.29) is 0 Å². The maximum Gasteiger partial charge on any atom is 0.0903 e. The predicted octanol–water partition coefficient (Wildman–Crippen LogP) is 3.49. The number of hydrogen-bond donors (Lipinski definition) is 0. The predicted molar refractivity (Wildman–Crippen MR) is 71.4 cm³/mol. The number of hydrogen-bond acceptors (Lipinski definition) is 3. The van der Waals surface area contributed by atoms with Crippen LogP contribution in [0.5, 0.6) is 0 Å². The molecule has 3 heteroatoms. The Kier molecular flexibility index (Phi) is 2.97. The van der Waals surface area contributed by atoms with Crippen molar-refractivity contribution < 1.29 is 0 Å². The second-order valence-electron chi connectivity index (χ2n) is 4.09. The van der Waals surface area contributed by atoms with Crippen molar-refractivity contribution in [3.05, 3.63) is 35.0 Å². The lowest BCUT2D eigenvalue weighted by atomic mass is 10.1. The second-order valence-corrected chi connectivity index (χ2v) is 5.29. The molecule has 0 aliphatic heterocycles. The molecule has 0 aliphatic carbocycles. The van der Waals surface area contributed by atoms with E-state index in [0.717, 1.165) is 10.7 Å². The van der Waals surface area contributed by atoms with Crippen LogP contribution in [-0.4, -0.2) is 19.1 Å². The van der Waals surface area contributed by atoms with Crippen molar-refractivity contribution in [1.29, 1.82) is 0 Å². The van der Waals surface area contributed by atoms with E-state index in [1.54, 1.807) is 11.3 Å². The van der Waals surface area contributed by atoms with Gasteiger partial charge in [0.2, 0.25) is 0 Å². The van der Waals surface area contributed by atoms with Gasteiger partial charge in [0.25, 0.3) is 0 Å². The van der Waals surface area contributed by atoms with Crippen LogP contribution in [0.4, 0.5) is 5.69 Å². The highest BCUT2D eigenvalue weighted by Crippen LogP contribution is 2.30. The Morgan fingerprint density at radius 2 is 1.69 bits per heavy atom. The van der Waals surface area contributed by atoms with Crippen LogP contribution >= 0.6 is 11.3 Å². The molecular formula is C13H16N2S. The first-order valence-electron chi connectivity index (χ1n) is 5.29. The quantitative estimate of drug-likeness (QED) is 0.788. The zero-order valence-electron chi connectivity index (χ0n) is 10.1. The van der Waals surface area contributed by atoms with Gasteiger partial charge in [-0.2, -0.15) is 0 Å². The van der Waals surface area contributed by atoms with Crippen molar-refractivity contribution in [3.8, 4) is 10.4 Å². The van der Waals surface area contributed by atoms with Crippen LogP contribution in [-0.2, 0) is 0 Å². The molecule has 0 atom stereocenters. The van der Waals surface area contributed by atoms with Gasteiger partial charge in [0.05, 0.1) is 15.6 Å². The molecule has 0 saturated heterocycles. The molecule has 0 bridgehead atoms. The third-order valence-corrected chi connectivity index (χ3v) is 3.67. The van der Waals surface area contributed by atoms with Gasteiger partial charge in [-0.1, -0.05) is 12.1 Å². The summed E-state index contributed by atoms with van der Waals surface area (Å²) in [5.74, 6) is 0. The van der Waals surface area contributed by atoms with E-state index in [1.165, 1.54) is 16.1 Å². The van der Waals surface area contributed by atoms with E-state index in [1.807, 2.05) is 0 Å². The van der Waals surface area contributed by atoms with Gasteiger partial charge in [-0.25, -0.2) is 4.98 Å². The first-order valence-corrected chi connectivity index (χ1v) is 6.11. The first kappa shape index (κ1) is 11.1. The highest BCUT2D eigenvalue weighted by atomic mass is 32.1. The second kappa shape index (κ2) is 4.26. The summed E-state index contributed by atoms with van der Waals surface area (Å²) in [5.41, 5.74) is 3.61. The van der Waals surface area contributed by atoms with Crippen molar-refractivity contribution in [2.75, 3.05) is 19.0 Å². The molecule has 0 unspecified atom stereocenters. The first-order chi connectivity index (χ1) is 7.58. The summed E-state index contributed by atoms with van der Waals surface area (Å²) >= 11 is 1.76. The standard InChI is InChI=1S/C13H16N2S/c1-9-13(16-10(2)14-9)11-5-7-12(8-6-11)15(3)4/h5-8H,1-4H3. The van der Waals surface area contributed by atoms with E-state index in [4.69, 9.17) is 0 Å². The van der Waals surface area contributed by atoms with Crippen LogP contribution in [0.15, 0.2) is 24.3 Å². The van der Waals surface area contributed by atoms with Crippen LogP contribution in [0.3, 0.4) is 0 Å². The van der Waals surface area contributed by atoms with E-state index >= 15 is 0 Å². The lowest BCUT2D eigenvalue weighted by Gasteiger charge is -2.12. The van der Waals surface area contributed by atoms with Gasteiger partial charge in [-0.05, 0) is 31.5 Å². The number of aromatic nitrogens is 1. The highest BCUT2D eigenvalue weighted by molar-refractivity contribution is 7.15. The maximum atomic E-state index is 4.45. The molecule has 1 aromatic heterocycles. The monoisotopic (exact) mass is 232 g/mol. The van der Waals surface area contributed by atoms with Crippen molar-refractivity contribution in [1.82, 2.24) is 4.98 Å². The number of nitrogens with zero attached hydrogens (tertiary/aromatic N) is 2. The molecule has 84 valence electrons. The van der Waals surface area contributed by atoms with Gasteiger partial charge in [0, 0.05) is 19.8 Å². The molecular weight excluding hydrogens is 216 g/mol. The topological polar surface area (TPSA) is 16.1 Å². The number of aryl methyl sites for hydroxylation is 2. The summed E-state index contributed by atoms with van der Waals surface area (Å²) in [6, 6.07) is 8.61. The van der Waals surface area contributed by atoms with Gasteiger partial charge >= 0.3 is 0 Å². The minimum Gasteiger partial charge on any atom is -0.378 e. The summed E-state index contributed by atoms with van der Waals surface area (Å²) in [6.07, 6.45) is 0. The SMILES string of the molecule is Cc1nc(C)c(-c2ccc(N(C)C)cc2)s1. The Morgan fingerprint density at radius 3 is 2.12 bits per heavy atom. The Morgan fingerprint density at radius 1 is 1.06 bits per heavy atom.